The second-order valence-corrected chi connectivity index (χ2v) is 8.27. The zero-order valence-electron chi connectivity index (χ0n) is 16.7. The van der Waals surface area contributed by atoms with Gasteiger partial charge in [-0.25, -0.2) is 0 Å². The number of nitrogens with zero attached hydrogens (tertiary/aromatic N) is 2. The molecule has 0 fully saturated rings. The molecule has 1 N–H and O–H groups in total. The summed E-state index contributed by atoms with van der Waals surface area (Å²) in [5.74, 6) is -0.142. The van der Waals surface area contributed by atoms with Crippen molar-refractivity contribution in [3.8, 4) is 11.8 Å². The Hall–Kier alpha value is -3.38. The van der Waals surface area contributed by atoms with Crippen molar-refractivity contribution in [3.63, 3.8) is 0 Å². The molecule has 0 saturated heterocycles. The largest absolute Gasteiger partial charge is 0.488 e. The van der Waals surface area contributed by atoms with Gasteiger partial charge in [-0.05, 0) is 57.4 Å². The number of carbonyl (C=O) groups is 1. The van der Waals surface area contributed by atoms with E-state index >= 15 is 0 Å². The Bertz CT molecular complexity index is 1310. The predicted molar refractivity (Wildman–Crippen MR) is 130 cm³/mol. The molecule has 166 valence electrons. The van der Waals surface area contributed by atoms with Crippen LogP contribution in [0.25, 0.3) is 6.08 Å². The molecule has 0 aliphatic heterocycles. The fourth-order valence-electron chi connectivity index (χ4n) is 2.75. The van der Waals surface area contributed by atoms with Gasteiger partial charge >= 0.3 is 0 Å². The number of anilines is 1. The van der Waals surface area contributed by atoms with Crippen LogP contribution in [0.5, 0.6) is 5.75 Å². The Morgan fingerprint density at radius 3 is 2.64 bits per heavy atom. The fourth-order valence-corrected chi connectivity index (χ4v) is 3.61. The highest BCUT2D eigenvalue weighted by atomic mass is 79.9. The molecule has 0 aliphatic carbocycles. The summed E-state index contributed by atoms with van der Waals surface area (Å²) >= 11 is 15.4. The van der Waals surface area contributed by atoms with Crippen LogP contribution in [-0.4, -0.2) is 10.8 Å². The molecule has 0 atom stereocenters. The molecule has 3 aromatic rings. The molecule has 3 aromatic carbocycles. The van der Waals surface area contributed by atoms with E-state index in [0.717, 1.165) is 0 Å². The molecule has 7 nitrogen and oxygen atoms in total. The number of carbonyl (C=O) groups excluding carboxylic acids is 1. The van der Waals surface area contributed by atoms with Crippen molar-refractivity contribution >= 4 is 62.5 Å². The standard InChI is InChI=1S/C23H14BrCl2N3O4/c24-18-11-14(7-8-21(18)33-13-15-3-1-4-17(10-15)29(31)32)9-16(12-27)23(30)28-20-6-2-5-19(25)22(20)26/h1-11H,13H2,(H,28,30)/b16-9-. The van der Waals surface area contributed by atoms with Crippen LogP contribution in [0.3, 0.4) is 0 Å². The van der Waals surface area contributed by atoms with E-state index in [4.69, 9.17) is 27.9 Å². The first-order valence-electron chi connectivity index (χ1n) is 9.31. The van der Waals surface area contributed by atoms with Crippen molar-refractivity contribution in [2.75, 3.05) is 5.32 Å². The first-order chi connectivity index (χ1) is 15.8. The molecule has 3 rings (SSSR count). The van der Waals surface area contributed by atoms with Crippen molar-refractivity contribution in [2.24, 2.45) is 0 Å². The number of non-ortho nitro benzene ring substituents is 1. The third kappa shape index (κ3) is 6.33. The number of nitro groups is 1. The summed E-state index contributed by atoms with van der Waals surface area (Å²) < 4.78 is 6.31. The maximum Gasteiger partial charge on any atom is 0.269 e. The van der Waals surface area contributed by atoms with Crippen molar-refractivity contribution in [1.29, 1.82) is 5.26 Å². The average molecular weight is 547 g/mol. The van der Waals surface area contributed by atoms with Crippen LogP contribution >= 0.6 is 39.1 Å². The summed E-state index contributed by atoms with van der Waals surface area (Å²) in [7, 11) is 0. The van der Waals surface area contributed by atoms with E-state index in [2.05, 4.69) is 21.2 Å². The maximum absolute atomic E-state index is 12.5. The first kappa shape index (κ1) is 24.3. The van der Waals surface area contributed by atoms with Gasteiger partial charge in [0.15, 0.2) is 0 Å². The number of rotatable bonds is 7. The van der Waals surface area contributed by atoms with Crippen LogP contribution in [0.2, 0.25) is 10.0 Å². The van der Waals surface area contributed by atoms with Crippen LogP contribution in [0, 0.1) is 21.4 Å². The number of hydrogen-bond donors (Lipinski definition) is 1. The van der Waals surface area contributed by atoms with E-state index in [9.17, 15) is 20.2 Å². The average Bonchev–Trinajstić information content (AvgIpc) is 2.80. The lowest BCUT2D eigenvalue weighted by molar-refractivity contribution is -0.384. The van der Waals surface area contributed by atoms with Gasteiger partial charge in [-0.2, -0.15) is 5.26 Å². The maximum atomic E-state index is 12.5. The van der Waals surface area contributed by atoms with Gasteiger partial charge in [-0.15, -0.1) is 0 Å². The Labute approximate surface area is 207 Å². The van der Waals surface area contributed by atoms with Crippen molar-refractivity contribution in [1.82, 2.24) is 0 Å². The lowest BCUT2D eigenvalue weighted by Crippen LogP contribution is -2.13. The SMILES string of the molecule is N#C/C(=C/c1ccc(OCc2cccc([N+](=O)[O-])c2)c(Br)c1)C(=O)Nc1cccc(Cl)c1Cl. The van der Waals surface area contributed by atoms with Gasteiger partial charge in [-0.1, -0.05) is 47.5 Å². The van der Waals surface area contributed by atoms with Gasteiger partial charge in [-0.3, -0.25) is 14.9 Å². The topological polar surface area (TPSA) is 105 Å². The number of halogens is 3. The Morgan fingerprint density at radius 1 is 1.18 bits per heavy atom. The number of benzene rings is 3. The molecule has 0 aliphatic rings. The summed E-state index contributed by atoms with van der Waals surface area (Å²) in [6.45, 7) is 0.127. The van der Waals surface area contributed by atoms with Gasteiger partial charge < -0.3 is 10.1 Å². The summed E-state index contributed by atoms with van der Waals surface area (Å²) in [6.07, 6.45) is 1.42. The second kappa shape index (κ2) is 11.0. The normalized spacial score (nSPS) is 10.9. The van der Waals surface area contributed by atoms with Gasteiger partial charge in [0.2, 0.25) is 0 Å². The number of nitriles is 1. The van der Waals surface area contributed by atoms with E-state index < -0.39 is 10.8 Å². The number of ether oxygens (including phenoxy) is 1. The minimum absolute atomic E-state index is 0.0166. The molecule has 0 radical (unpaired) electrons. The minimum Gasteiger partial charge on any atom is -0.488 e. The monoisotopic (exact) mass is 545 g/mol. The van der Waals surface area contributed by atoms with Gasteiger partial charge in [0, 0.05) is 12.1 Å². The molecule has 0 saturated carbocycles. The minimum atomic E-state index is -0.635. The van der Waals surface area contributed by atoms with Crippen LogP contribution < -0.4 is 10.1 Å². The van der Waals surface area contributed by atoms with Gasteiger partial charge in [0.05, 0.1) is 25.1 Å². The lowest BCUT2D eigenvalue weighted by Gasteiger charge is -2.10. The Balaban J connectivity index is 1.73. The molecule has 10 heteroatoms. The fraction of sp³-hybridized carbons (Fsp3) is 0.0435. The van der Waals surface area contributed by atoms with Crippen LogP contribution in [0.1, 0.15) is 11.1 Å². The molecular weight excluding hydrogens is 533 g/mol. The second-order valence-electron chi connectivity index (χ2n) is 6.63. The van der Waals surface area contributed by atoms with E-state index in [1.54, 1.807) is 48.5 Å². The zero-order chi connectivity index (χ0) is 24.0. The zero-order valence-corrected chi connectivity index (χ0v) is 19.8. The Morgan fingerprint density at radius 2 is 1.94 bits per heavy atom. The molecular formula is C23H14BrCl2N3O4. The Kier molecular flexibility index (Phi) is 8.06. The molecule has 0 aromatic heterocycles. The van der Waals surface area contributed by atoms with Gasteiger partial charge in [0.25, 0.3) is 11.6 Å². The first-order valence-corrected chi connectivity index (χ1v) is 10.9. The van der Waals surface area contributed by atoms with E-state index in [-0.39, 0.29) is 27.9 Å². The third-order valence-electron chi connectivity index (χ3n) is 4.35. The smallest absolute Gasteiger partial charge is 0.269 e. The van der Waals surface area contributed by atoms with E-state index in [1.165, 1.54) is 18.2 Å². The number of hydrogen-bond acceptors (Lipinski definition) is 5. The highest BCUT2D eigenvalue weighted by Gasteiger charge is 2.13. The van der Waals surface area contributed by atoms with E-state index in [0.29, 0.717) is 27.0 Å². The number of nitrogens with one attached hydrogen (secondary N) is 1. The van der Waals surface area contributed by atoms with Crippen LogP contribution in [0.15, 0.2) is 70.7 Å². The number of amides is 1. The molecule has 33 heavy (non-hydrogen) atoms. The van der Waals surface area contributed by atoms with E-state index in [1.807, 2.05) is 6.07 Å². The highest BCUT2D eigenvalue weighted by Crippen LogP contribution is 2.31. The summed E-state index contributed by atoms with van der Waals surface area (Å²) in [5, 5.41) is 23.4. The molecule has 0 spiro atoms. The van der Waals surface area contributed by atoms with Crippen LogP contribution in [0.4, 0.5) is 11.4 Å². The molecule has 0 unspecified atom stereocenters. The van der Waals surface area contributed by atoms with Crippen molar-refractivity contribution in [3.05, 3.63) is 102 Å². The molecule has 0 heterocycles. The van der Waals surface area contributed by atoms with Gasteiger partial charge in [0.1, 0.15) is 24.0 Å². The summed E-state index contributed by atoms with van der Waals surface area (Å²) in [5.41, 5.74) is 1.36. The molecule has 1 amide bonds. The van der Waals surface area contributed by atoms with Crippen molar-refractivity contribution in [2.45, 2.75) is 6.61 Å². The summed E-state index contributed by atoms with van der Waals surface area (Å²) in [4.78, 5) is 22.9. The van der Waals surface area contributed by atoms with Crippen LogP contribution in [-0.2, 0) is 11.4 Å². The highest BCUT2D eigenvalue weighted by molar-refractivity contribution is 9.10. The molecule has 0 bridgehead atoms. The lowest BCUT2D eigenvalue weighted by atomic mass is 10.1. The third-order valence-corrected chi connectivity index (χ3v) is 5.79. The summed E-state index contributed by atoms with van der Waals surface area (Å²) in [6, 6.07) is 17.8. The van der Waals surface area contributed by atoms with Crippen molar-refractivity contribution < 1.29 is 14.5 Å². The predicted octanol–water partition coefficient (Wildman–Crippen LogP) is 6.79. The quantitative estimate of drug-likeness (QED) is 0.152. The number of nitro benzene ring substituents is 1.